The van der Waals surface area contributed by atoms with Crippen molar-refractivity contribution >= 4 is 6.09 Å². The van der Waals surface area contributed by atoms with Crippen LogP contribution < -0.4 is 10.6 Å². The quantitative estimate of drug-likeness (QED) is 0.790. The van der Waals surface area contributed by atoms with Gasteiger partial charge in [0.2, 0.25) is 0 Å². The van der Waals surface area contributed by atoms with Crippen LogP contribution in [0.1, 0.15) is 46.5 Å². The monoisotopic (exact) mass is 311 g/mol. The highest BCUT2D eigenvalue weighted by atomic mass is 16.6. The van der Waals surface area contributed by atoms with E-state index in [1.807, 2.05) is 20.8 Å². The molecule has 5 nitrogen and oxygen atoms in total. The molecule has 1 aliphatic heterocycles. The van der Waals surface area contributed by atoms with Crippen LogP contribution in [-0.4, -0.2) is 55.9 Å². The topological polar surface area (TPSA) is 53.6 Å². The summed E-state index contributed by atoms with van der Waals surface area (Å²) in [6, 6.07) is 0.396. The third-order valence-corrected chi connectivity index (χ3v) is 4.56. The fourth-order valence-electron chi connectivity index (χ4n) is 3.00. The Morgan fingerprint density at radius 1 is 1.23 bits per heavy atom. The van der Waals surface area contributed by atoms with E-state index in [1.54, 1.807) is 0 Å². The maximum atomic E-state index is 11.8. The zero-order chi connectivity index (χ0) is 16.2. The van der Waals surface area contributed by atoms with Gasteiger partial charge in [-0.25, -0.2) is 4.79 Å². The van der Waals surface area contributed by atoms with Gasteiger partial charge in [-0.2, -0.15) is 0 Å². The predicted octanol–water partition coefficient (Wildman–Crippen LogP) is 2.22. The van der Waals surface area contributed by atoms with Crippen molar-refractivity contribution in [3.63, 3.8) is 0 Å². The van der Waals surface area contributed by atoms with Crippen LogP contribution >= 0.6 is 0 Å². The molecule has 1 saturated carbocycles. The maximum Gasteiger partial charge on any atom is 0.407 e. The number of likely N-dealkylation sites (tertiary alicyclic amines) is 1. The van der Waals surface area contributed by atoms with Crippen LogP contribution in [0.15, 0.2) is 0 Å². The molecule has 2 fully saturated rings. The summed E-state index contributed by atoms with van der Waals surface area (Å²) in [6.45, 7) is 9.83. The normalized spacial score (nSPS) is 22.4. The van der Waals surface area contributed by atoms with E-state index >= 15 is 0 Å². The number of alkyl carbamates (subject to hydrolysis) is 1. The molecule has 22 heavy (non-hydrogen) atoms. The van der Waals surface area contributed by atoms with Crippen LogP contribution in [0.25, 0.3) is 0 Å². The largest absolute Gasteiger partial charge is 0.444 e. The number of nitrogens with zero attached hydrogens (tertiary/aromatic N) is 1. The number of rotatable bonds is 6. The molecule has 0 aromatic rings. The van der Waals surface area contributed by atoms with Crippen LogP contribution in [0.4, 0.5) is 4.79 Å². The molecule has 1 aliphatic carbocycles. The van der Waals surface area contributed by atoms with Gasteiger partial charge in [-0.05, 0) is 85.0 Å². The van der Waals surface area contributed by atoms with Gasteiger partial charge in [0, 0.05) is 12.6 Å². The summed E-state index contributed by atoms with van der Waals surface area (Å²) in [5.74, 6) is 1.50. The Bertz CT molecular complexity index is 355. The summed E-state index contributed by atoms with van der Waals surface area (Å²) < 4.78 is 5.31. The first-order valence-electron chi connectivity index (χ1n) is 8.72. The van der Waals surface area contributed by atoms with Crippen molar-refractivity contribution in [2.75, 3.05) is 33.2 Å². The molecule has 0 aromatic heterocycles. The van der Waals surface area contributed by atoms with Crippen molar-refractivity contribution in [3.8, 4) is 0 Å². The minimum absolute atomic E-state index is 0.306. The number of ether oxygens (including phenoxy) is 1. The summed E-state index contributed by atoms with van der Waals surface area (Å²) in [6.07, 6.45) is 4.81. The smallest absolute Gasteiger partial charge is 0.407 e. The lowest BCUT2D eigenvalue weighted by Gasteiger charge is -2.30. The Hall–Kier alpha value is -0.810. The Labute approximate surface area is 135 Å². The minimum atomic E-state index is -0.430. The Morgan fingerprint density at radius 3 is 2.41 bits per heavy atom. The first-order chi connectivity index (χ1) is 10.3. The van der Waals surface area contributed by atoms with Gasteiger partial charge in [0.05, 0.1) is 0 Å². The maximum absolute atomic E-state index is 11.8. The van der Waals surface area contributed by atoms with Gasteiger partial charge in [0.15, 0.2) is 0 Å². The summed E-state index contributed by atoms with van der Waals surface area (Å²) in [7, 11) is 2.20. The van der Waals surface area contributed by atoms with E-state index < -0.39 is 5.60 Å². The molecular weight excluding hydrogens is 278 g/mol. The number of nitrogens with one attached hydrogen (secondary N) is 2. The summed E-state index contributed by atoms with van der Waals surface area (Å²) >= 11 is 0. The Morgan fingerprint density at radius 2 is 1.86 bits per heavy atom. The van der Waals surface area contributed by atoms with Crippen LogP contribution in [-0.2, 0) is 4.74 Å². The van der Waals surface area contributed by atoms with E-state index in [2.05, 4.69) is 22.6 Å². The predicted molar refractivity (Wildman–Crippen MR) is 89.0 cm³/mol. The number of carbonyl (C=O) groups is 1. The van der Waals surface area contributed by atoms with Crippen molar-refractivity contribution in [2.45, 2.75) is 58.1 Å². The molecule has 2 N–H and O–H groups in total. The number of amides is 1. The standard InChI is InChI=1S/C17H33N3O2/c1-17(2,3)22-16(21)19-12-15(14-5-6-14)18-11-13-7-9-20(4)10-8-13/h13-15,18H,5-12H2,1-4H3,(H,19,21). The molecule has 1 unspecified atom stereocenters. The second-order valence-electron chi connectivity index (χ2n) is 7.98. The van der Waals surface area contributed by atoms with Crippen LogP contribution in [0.5, 0.6) is 0 Å². The lowest BCUT2D eigenvalue weighted by molar-refractivity contribution is 0.0520. The fourth-order valence-corrected chi connectivity index (χ4v) is 3.00. The van der Waals surface area contributed by atoms with Gasteiger partial charge in [-0.15, -0.1) is 0 Å². The first-order valence-corrected chi connectivity index (χ1v) is 8.72. The van der Waals surface area contributed by atoms with Crippen LogP contribution in [0.2, 0.25) is 0 Å². The minimum Gasteiger partial charge on any atom is -0.444 e. The lowest BCUT2D eigenvalue weighted by atomic mass is 9.96. The van der Waals surface area contributed by atoms with Crippen molar-refractivity contribution in [1.82, 2.24) is 15.5 Å². The van der Waals surface area contributed by atoms with E-state index in [9.17, 15) is 4.79 Å². The SMILES string of the molecule is CN1CCC(CNC(CNC(=O)OC(C)(C)C)C2CC2)CC1. The Balaban J connectivity index is 1.68. The molecule has 1 heterocycles. The zero-order valence-electron chi connectivity index (χ0n) is 14.7. The highest BCUT2D eigenvalue weighted by Gasteiger charge is 2.32. The number of hydrogen-bond donors (Lipinski definition) is 2. The number of carbonyl (C=O) groups excluding carboxylic acids is 1. The molecule has 0 radical (unpaired) electrons. The van der Waals surface area contributed by atoms with Gasteiger partial charge < -0.3 is 20.3 Å². The van der Waals surface area contributed by atoms with E-state index in [0.717, 1.165) is 18.4 Å². The molecule has 2 aliphatic rings. The lowest BCUT2D eigenvalue weighted by Crippen LogP contribution is -2.46. The molecule has 1 saturated heterocycles. The molecule has 1 atom stereocenters. The molecule has 5 heteroatoms. The highest BCUT2D eigenvalue weighted by molar-refractivity contribution is 5.67. The second-order valence-corrected chi connectivity index (χ2v) is 7.98. The molecule has 1 amide bonds. The van der Waals surface area contributed by atoms with Crippen molar-refractivity contribution < 1.29 is 9.53 Å². The van der Waals surface area contributed by atoms with E-state index in [-0.39, 0.29) is 6.09 Å². The third kappa shape index (κ3) is 6.53. The van der Waals surface area contributed by atoms with Crippen LogP contribution in [0, 0.1) is 11.8 Å². The van der Waals surface area contributed by atoms with E-state index in [1.165, 1.54) is 38.8 Å². The van der Waals surface area contributed by atoms with Gasteiger partial charge in [-0.3, -0.25) is 0 Å². The molecule has 0 spiro atoms. The van der Waals surface area contributed by atoms with E-state index in [4.69, 9.17) is 4.74 Å². The summed E-state index contributed by atoms with van der Waals surface area (Å²) in [4.78, 5) is 14.2. The average Bonchev–Trinajstić information content (AvgIpc) is 3.23. The van der Waals surface area contributed by atoms with Gasteiger partial charge in [-0.1, -0.05) is 0 Å². The van der Waals surface area contributed by atoms with Crippen molar-refractivity contribution in [3.05, 3.63) is 0 Å². The van der Waals surface area contributed by atoms with Crippen molar-refractivity contribution in [1.29, 1.82) is 0 Å². The third-order valence-electron chi connectivity index (χ3n) is 4.56. The molecule has 0 aromatic carbocycles. The number of piperidine rings is 1. The molecule has 128 valence electrons. The molecule has 0 bridgehead atoms. The highest BCUT2D eigenvalue weighted by Crippen LogP contribution is 2.32. The second kappa shape index (κ2) is 7.64. The molecule has 2 rings (SSSR count). The van der Waals surface area contributed by atoms with Gasteiger partial charge >= 0.3 is 6.09 Å². The summed E-state index contributed by atoms with van der Waals surface area (Å²) in [5.41, 5.74) is -0.430. The van der Waals surface area contributed by atoms with Crippen LogP contribution in [0.3, 0.4) is 0 Å². The van der Waals surface area contributed by atoms with Crippen molar-refractivity contribution in [2.24, 2.45) is 11.8 Å². The zero-order valence-corrected chi connectivity index (χ0v) is 14.7. The Kier molecular flexibility index (Phi) is 6.09. The first kappa shape index (κ1) is 17.5. The fraction of sp³-hybridized carbons (Fsp3) is 0.941. The molecular formula is C17H33N3O2. The number of hydrogen-bond acceptors (Lipinski definition) is 4. The summed E-state index contributed by atoms with van der Waals surface area (Å²) in [5, 5.41) is 6.62. The van der Waals surface area contributed by atoms with E-state index in [0.29, 0.717) is 12.6 Å². The average molecular weight is 311 g/mol. The van der Waals surface area contributed by atoms with Gasteiger partial charge in [0.25, 0.3) is 0 Å². The van der Waals surface area contributed by atoms with Gasteiger partial charge in [0.1, 0.15) is 5.60 Å².